The first-order chi connectivity index (χ1) is 10.7. The second-order valence-corrected chi connectivity index (χ2v) is 5.92. The summed E-state index contributed by atoms with van der Waals surface area (Å²) < 4.78 is 0. The summed E-state index contributed by atoms with van der Waals surface area (Å²) in [5.41, 5.74) is 2.75. The van der Waals surface area contributed by atoms with E-state index in [1.54, 1.807) is 0 Å². The predicted octanol–water partition coefficient (Wildman–Crippen LogP) is 4.17. The summed E-state index contributed by atoms with van der Waals surface area (Å²) in [5, 5.41) is 24.1. The van der Waals surface area contributed by atoms with Crippen LogP contribution in [-0.4, -0.2) is 25.7 Å². The minimum Gasteiger partial charge on any atom is -0.507 e. The lowest BCUT2D eigenvalue weighted by atomic mass is 9.99. The van der Waals surface area contributed by atoms with Crippen LogP contribution in [0.4, 0.5) is 0 Å². The second kappa shape index (κ2) is 8.51. The van der Waals surface area contributed by atoms with Gasteiger partial charge in [0.25, 0.3) is 0 Å². The standard InChI is InChI=1S/C17H26N4O/c1-3-4-5-6-7-8-9-10-14-11-13(2)16(22)15(12-14)17-18-20-21-19-17/h11-12,22H,3-10H2,1-2H3,(H,18,19,20,21). The number of phenolic OH excluding ortho intramolecular Hbond substituents is 1. The van der Waals surface area contributed by atoms with Crippen molar-refractivity contribution < 1.29 is 5.11 Å². The number of benzene rings is 1. The average molecular weight is 302 g/mol. The highest BCUT2D eigenvalue weighted by molar-refractivity contribution is 5.66. The molecule has 5 heteroatoms. The van der Waals surface area contributed by atoms with Gasteiger partial charge < -0.3 is 5.11 Å². The maximum absolute atomic E-state index is 10.2. The van der Waals surface area contributed by atoms with Crippen molar-refractivity contribution >= 4 is 0 Å². The van der Waals surface area contributed by atoms with E-state index < -0.39 is 0 Å². The number of H-pyrrole nitrogens is 1. The van der Waals surface area contributed by atoms with E-state index in [1.807, 2.05) is 13.0 Å². The molecule has 0 fully saturated rings. The van der Waals surface area contributed by atoms with E-state index in [1.165, 1.54) is 50.5 Å². The van der Waals surface area contributed by atoms with Crippen LogP contribution in [0.1, 0.15) is 63.0 Å². The van der Waals surface area contributed by atoms with Gasteiger partial charge in [0.1, 0.15) is 5.75 Å². The predicted molar refractivity (Wildman–Crippen MR) is 87.7 cm³/mol. The van der Waals surface area contributed by atoms with Gasteiger partial charge in [0.05, 0.1) is 5.56 Å². The maximum atomic E-state index is 10.2. The van der Waals surface area contributed by atoms with Crippen molar-refractivity contribution in [3.05, 3.63) is 23.3 Å². The highest BCUT2D eigenvalue weighted by Gasteiger charge is 2.12. The van der Waals surface area contributed by atoms with Crippen LogP contribution in [0.15, 0.2) is 12.1 Å². The molecule has 0 spiro atoms. The van der Waals surface area contributed by atoms with Crippen LogP contribution in [0.5, 0.6) is 5.75 Å². The molecule has 0 saturated heterocycles. The molecular weight excluding hydrogens is 276 g/mol. The van der Waals surface area contributed by atoms with Gasteiger partial charge in [-0.3, -0.25) is 0 Å². The van der Waals surface area contributed by atoms with Crippen LogP contribution >= 0.6 is 0 Å². The van der Waals surface area contributed by atoms with Crippen molar-refractivity contribution in [3.63, 3.8) is 0 Å². The van der Waals surface area contributed by atoms with Gasteiger partial charge in [0.15, 0.2) is 0 Å². The molecule has 0 aliphatic carbocycles. The molecule has 2 aromatic rings. The van der Waals surface area contributed by atoms with E-state index in [9.17, 15) is 5.11 Å². The first kappa shape index (κ1) is 16.5. The van der Waals surface area contributed by atoms with E-state index in [0.717, 1.165) is 12.0 Å². The minimum absolute atomic E-state index is 0.240. The van der Waals surface area contributed by atoms with Crippen LogP contribution in [0, 0.1) is 6.92 Å². The van der Waals surface area contributed by atoms with Gasteiger partial charge in [-0.1, -0.05) is 51.5 Å². The molecule has 0 aliphatic rings. The summed E-state index contributed by atoms with van der Waals surface area (Å²) in [7, 11) is 0. The summed E-state index contributed by atoms with van der Waals surface area (Å²) >= 11 is 0. The summed E-state index contributed by atoms with van der Waals surface area (Å²) in [6.45, 7) is 4.15. The Morgan fingerprint density at radius 1 is 1.05 bits per heavy atom. The number of hydrogen-bond donors (Lipinski definition) is 2. The lowest BCUT2D eigenvalue weighted by Crippen LogP contribution is -1.92. The maximum Gasteiger partial charge on any atom is 0.208 e. The molecule has 1 aromatic heterocycles. The third kappa shape index (κ3) is 4.55. The Morgan fingerprint density at radius 2 is 1.77 bits per heavy atom. The molecule has 0 unspecified atom stereocenters. The lowest BCUT2D eigenvalue weighted by molar-refractivity contribution is 0.472. The van der Waals surface area contributed by atoms with Gasteiger partial charge in [-0.2, -0.15) is 5.21 Å². The zero-order valence-electron chi connectivity index (χ0n) is 13.6. The third-order valence-corrected chi connectivity index (χ3v) is 4.02. The number of tetrazole rings is 1. The number of aromatic nitrogens is 4. The van der Waals surface area contributed by atoms with Crippen molar-refractivity contribution in [1.29, 1.82) is 0 Å². The van der Waals surface area contributed by atoms with Crippen LogP contribution < -0.4 is 0 Å². The summed E-state index contributed by atoms with van der Waals surface area (Å²) in [6.07, 6.45) is 10.1. The Morgan fingerprint density at radius 3 is 2.45 bits per heavy atom. The Bertz CT molecular complexity index is 566. The van der Waals surface area contributed by atoms with Crippen LogP contribution in [0.25, 0.3) is 11.4 Å². The van der Waals surface area contributed by atoms with Gasteiger partial charge in [0.2, 0.25) is 5.82 Å². The first-order valence-electron chi connectivity index (χ1n) is 8.28. The summed E-state index contributed by atoms with van der Waals surface area (Å²) in [6, 6.07) is 4.03. The Labute approximate surface area is 132 Å². The quantitative estimate of drug-likeness (QED) is 0.682. The number of nitrogens with zero attached hydrogens (tertiary/aromatic N) is 3. The number of aromatic amines is 1. The number of phenols is 1. The molecule has 120 valence electrons. The van der Waals surface area contributed by atoms with E-state index in [-0.39, 0.29) is 5.75 Å². The number of hydrogen-bond acceptors (Lipinski definition) is 4. The van der Waals surface area contributed by atoms with Gasteiger partial charge in [-0.25, -0.2) is 0 Å². The fourth-order valence-corrected chi connectivity index (χ4v) is 2.73. The number of unbranched alkanes of at least 4 members (excludes halogenated alkanes) is 6. The molecule has 0 amide bonds. The molecule has 2 rings (SSSR count). The zero-order valence-corrected chi connectivity index (χ0v) is 13.6. The fourth-order valence-electron chi connectivity index (χ4n) is 2.73. The van der Waals surface area contributed by atoms with Crippen LogP contribution in [0.3, 0.4) is 0 Å². The molecule has 1 heterocycles. The number of rotatable bonds is 9. The van der Waals surface area contributed by atoms with E-state index in [0.29, 0.717) is 11.4 Å². The van der Waals surface area contributed by atoms with E-state index >= 15 is 0 Å². The van der Waals surface area contributed by atoms with Gasteiger partial charge in [-0.05, 0) is 42.2 Å². The van der Waals surface area contributed by atoms with Crippen molar-refractivity contribution in [1.82, 2.24) is 20.6 Å². The van der Waals surface area contributed by atoms with E-state index in [4.69, 9.17) is 0 Å². The molecule has 22 heavy (non-hydrogen) atoms. The largest absolute Gasteiger partial charge is 0.507 e. The second-order valence-electron chi connectivity index (χ2n) is 5.92. The first-order valence-corrected chi connectivity index (χ1v) is 8.28. The summed E-state index contributed by atoms with van der Waals surface area (Å²) in [4.78, 5) is 0. The third-order valence-electron chi connectivity index (χ3n) is 4.02. The molecule has 0 saturated carbocycles. The molecule has 0 atom stereocenters. The van der Waals surface area contributed by atoms with E-state index in [2.05, 4.69) is 33.6 Å². The topological polar surface area (TPSA) is 74.7 Å². The minimum atomic E-state index is 0.240. The van der Waals surface area contributed by atoms with Crippen LogP contribution in [-0.2, 0) is 6.42 Å². The highest BCUT2D eigenvalue weighted by atomic mass is 16.3. The normalized spacial score (nSPS) is 11.0. The number of aryl methyl sites for hydroxylation is 2. The van der Waals surface area contributed by atoms with Crippen molar-refractivity contribution in [3.8, 4) is 17.1 Å². The fraction of sp³-hybridized carbons (Fsp3) is 0.588. The number of aromatic hydroxyl groups is 1. The lowest BCUT2D eigenvalue weighted by Gasteiger charge is -2.08. The highest BCUT2D eigenvalue weighted by Crippen LogP contribution is 2.31. The molecule has 0 bridgehead atoms. The van der Waals surface area contributed by atoms with Gasteiger partial charge in [0, 0.05) is 0 Å². The Balaban J connectivity index is 1.89. The van der Waals surface area contributed by atoms with Gasteiger partial charge >= 0.3 is 0 Å². The molecule has 2 N–H and O–H groups in total. The zero-order chi connectivity index (χ0) is 15.8. The molecule has 0 aliphatic heterocycles. The Hall–Kier alpha value is -1.91. The summed E-state index contributed by atoms with van der Waals surface area (Å²) in [5.74, 6) is 0.687. The smallest absolute Gasteiger partial charge is 0.208 e. The van der Waals surface area contributed by atoms with Crippen LogP contribution in [0.2, 0.25) is 0 Å². The molecule has 0 radical (unpaired) electrons. The SMILES string of the molecule is CCCCCCCCCc1cc(C)c(O)c(-c2nn[nH]n2)c1. The van der Waals surface area contributed by atoms with Crippen molar-refractivity contribution in [2.45, 2.75) is 65.2 Å². The van der Waals surface area contributed by atoms with Crippen molar-refractivity contribution in [2.75, 3.05) is 0 Å². The number of nitrogens with one attached hydrogen (secondary N) is 1. The monoisotopic (exact) mass is 302 g/mol. The van der Waals surface area contributed by atoms with Crippen molar-refractivity contribution in [2.24, 2.45) is 0 Å². The Kier molecular flexibility index (Phi) is 6.37. The molecular formula is C17H26N4O. The molecule has 1 aromatic carbocycles. The average Bonchev–Trinajstić information content (AvgIpc) is 3.04. The van der Waals surface area contributed by atoms with Gasteiger partial charge in [-0.15, -0.1) is 10.2 Å². The molecule has 5 nitrogen and oxygen atoms in total.